The van der Waals surface area contributed by atoms with Crippen LogP contribution in [0.2, 0.25) is 0 Å². The van der Waals surface area contributed by atoms with Crippen molar-refractivity contribution in [2.24, 2.45) is 10.9 Å². The summed E-state index contributed by atoms with van der Waals surface area (Å²) in [5.74, 6) is 0.220. The highest BCUT2D eigenvalue weighted by Crippen LogP contribution is 2.22. The van der Waals surface area contributed by atoms with Gasteiger partial charge >= 0.3 is 0 Å². The average molecular weight is 280 g/mol. The van der Waals surface area contributed by atoms with E-state index < -0.39 is 4.92 Å². The maximum atomic E-state index is 10.9. The van der Waals surface area contributed by atoms with E-state index in [1.807, 2.05) is 11.9 Å². The van der Waals surface area contributed by atoms with Crippen molar-refractivity contribution in [3.8, 4) is 0 Å². The second-order valence-corrected chi connectivity index (χ2v) is 4.57. The monoisotopic (exact) mass is 280 g/mol. The highest BCUT2D eigenvalue weighted by molar-refractivity contribution is 5.99. The van der Waals surface area contributed by atoms with E-state index >= 15 is 0 Å². The number of anilines is 1. The van der Waals surface area contributed by atoms with Crippen molar-refractivity contribution in [1.82, 2.24) is 9.88 Å². The second kappa shape index (κ2) is 5.70. The van der Waals surface area contributed by atoms with Gasteiger partial charge in [0.05, 0.1) is 4.92 Å². The Hall–Kier alpha value is -2.42. The number of oxime groups is 1. The van der Waals surface area contributed by atoms with Crippen LogP contribution < -0.4 is 10.6 Å². The van der Waals surface area contributed by atoms with Crippen molar-refractivity contribution in [3.63, 3.8) is 0 Å². The standard InChI is InChI=1S/C11H16N6O3/c1-15-4-6-16(7-5-15)9-3-2-8(17(19)20)10(13-9)11(12)14-18/h2-3,18H,4-7H2,1H3,(H2,12,14). The van der Waals surface area contributed by atoms with Crippen LogP contribution in [0.25, 0.3) is 0 Å². The van der Waals surface area contributed by atoms with Gasteiger partial charge in [0.25, 0.3) is 5.69 Å². The minimum Gasteiger partial charge on any atom is -0.409 e. The molecule has 1 fully saturated rings. The molecule has 1 aliphatic heterocycles. The minimum atomic E-state index is -0.603. The fraction of sp³-hybridized carbons (Fsp3) is 0.455. The third kappa shape index (κ3) is 2.77. The highest BCUT2D eigenvalue weighted by Gasteiger charge is 2.22. The maximum absolute atomic E-state index is 10.9. The zero-order chi connectivity index (χ0) is 14.7. The summed E-state index contributed by atoms with van der Waals surface area (Å²) in [5, 5.41) is 22.4. The van der Waals surface area contributed by atoms with Crippen LogP contribution in [0.15, 0.2) is 17.3 Å². The number of nitro groups is 1. The number of nitrogens with zero attached hydrogens (tertiary/aromatic N) is 5. The highest BCUT2D eigenvalue weighted by atomic mass is 16.6. The van der Waals surface area contributed by atoms with E-state index in [0.717, 1.165) is 26.2 Å². The number of hydrogen-bond acceptors (Lipinski definition) is 7. The fourth-order valence-electron chi connectivity index (χ4n) is 2.04. The van der Waals surface area contributed by atoms with Gasteiger partial charge in [0.1, 0.15) is 5.82 Å². The number of aromatic nitrogens is 1. The molecule has 0 amide bonds. The molecule has 9 heteroatoms. The molecular weight excluding hydrogens is 264 g/mol. The largest absolute Gasteiger partial charge is 0.409 e. The van der Waals surface area contributed by atoms with Crippen LogP contribution in [-0.4, -0.2) is 59.1 Å². The summed E-state index contributed by atoms with van der Waals surface area (Å²) < 4.78 is 0. The minimum absolute atomic E-state index is 0.117. The van der Waals surface area contributed by atoms with E-state index in [1.54, 1.807) is 6.07 Å². The summed E-state index contributed by atoms with van der Waals surface area (Å²) in [6.07, 6.45) is 0. The lowest BCUT2D eigenvalue weighted by Gasteiger charge is -2.33. The average Bonchev–Trinajstić information content (AvgIpc) is 2.46. The number of hydrogen-bond donors (Lipinski definition) is 2. The van der Waals surface area contributed by atoms with E-state index in [-0.39, 0.29) is 17.2 Å². The molecule has 9 nitrogen and oxygen atoms in total. The van der Waals surface area contributed by atoms with Gasteiger partial charge in [-0.3, -0.25) is 10.1 Å². The van der Waals surface area contributed by atoms with Crippen LogP contribution in [-0.2, 0) is 0 Å². The Balaban J connectivity index is 2.34. The number of amidine groups is 1. The lowest BCUT2D eigenvalue weighted by atomic mass is 10.2. The Morgan fingerprint density at radius 3 is 2.65 bits per heavy atom. The number of rotatable bonds is 3. The van der Waals surface area contributed by atoms with Gasteiger partial charge in [0.15, 0.2) is 11.5 Å². The number of nitrogens with two attached hydrogens (primary N) is 1. The van der Waals surface area contributed by atoms with E-state index in [0.29, 0.717) is 5.82 Å². The van der Waals surface area contributed by atoms with Gasteiger partial charge in [-0.15, -0.1) is 0 Å². The lowest BCUT2D eigenvalue weighted by Crippen LogP contribution is -2.45. The predicted molar refractivity (Wildman–Crippen MR) is 73.1 cm³/mol. The molecule has 0 aliphatic carbocycles. The number of likely N-dealkylation sites (N-methyl/N-ethyl adjacent to an activating group) is 1. The van der Waals surface area contributed by atoms with E-state index in [2.05, 4.69) is 15.0 Å². The Bertz CT molecular complexity index is 539. The normalized spacial score (nSPS) is 17.2. The molecule has 1 aromatic heterocycles. The van der Waals surface area contributed by atoms with Gasteiger partial charge in [-0.1, -0.05) is 5.16 Å². The molecular formula is C11H16N6O3. The summed E-state index contributed by atoms with van der Waals surface area (Å²) in [6.45, 7) is 3.32. The summed E-state index contributed by atoms with van der Waals surface area (Å²) in [4.78, 5) is 18.7. The van der Waals surface area contributed by atoms with Gasteiger partial charge in [-0.25, -0.2) is 4.98 Å². The fourth-order valence-corrected chi connectivity index (χ4v) is 2.04. The van der Waals surface area contributed by atoms with Crippen molar-refractivity contribution >= 4 is 17.3 Å². The zero-order valence-corrected chi connectivity index (χ0v) is 11.1. The van der Waals surface area contributed by atoms with Crippen molar-refractivity contribution in [1.29, 1.82) is 0 Å². The number of pyridine rings is 1. The zero-order valence-electron chi connectivity index (χ0n) is 11.1. The maximum Gasteiger partial charge on any atom is 0.298 e. The Morgan fingerprint density at radius 2 is 2.10 bits per heavy atom. The van der Waals surface area contributed by atoms with Gasteiger partial charge in [0, 0.05) is 32.2 Å². The molecule has 2 heterocycles. The molecule has 1 saturated heterocycles. The van der Waals surface area contributed by atoms with E-state index in [9.17, 15) is 10.1 Å². The molecule has 0 saturated carbocycles. The van der Waals surface area contributed by atoms with E-state index in [4.69, 9.17) is 10.9 Å². The third-order valence-corrected chi connectivity index (χ3v) is 3.23. The molecule has 1 aromatic rings. The van der Waals surface area contributed by atoms with Crippen molar-refractivity contribution < 1.29 is 10.1 Å². The Labute approximate surface area is 115 Å². The van der Waals surface area contributed by atoms with Crippen LogP contribution in [0.1, 0.15) is 5.69 Å². The first kappa shape index (κ1) is 14.0. The van der Waals surface area contributed by atoms with Gasteiger partial charge in [-0.05, 0) is 13.1 Å². The summed E-state index contributed by atoms with van der Waals surface area (Å²) >= 11 is 0. The molecule has 0 radical (unpaired) electrons. The summed E-state index contributed by atoms with van der Waals surface area (Å²) in [5.41, 5.74) is 5.06. The molecule has 2 rings (SSSR count). The van der Waals surface area contributed by atoms with Crippen molar-refractivity contribution in [2.45, 2.75) is 0 Å². The predicted octanol–water partition coefficient (Wildman–Crippen LogP) is -0.164. The van der Waals surface area contributed by atoms with Crippen molar-refractivity contribution in [3.05, 3.63) is 27.9 Å². The van der Waals surface area contributed by atoms with Crippen molar-refractivity contribution in [2.75, 3.05) is 38.1 Å². The molecule has 0 atom stereocenters. The SMILES string of the molecule is CN1CCN(c2ccc([N+](=O)[O-])c(/C(N)=N/O)n2)CC1. The molecule has 0 unspecified atom stereocenters. The summed E-state index contributed by atoms with van der Waals surface area (Å²) in [6, 6.07) is 2.91. The van der Waals surface area contributed by atoms with Crippen LogP contribution in [0.4, 0.5) is 11.5 Å². The first-order chi connectivity index (χ1) is 9.52. The lowest BCUT2D eigenvalue weighted by molar-refractivity contribution is -0.385. The van der Waals surface area contributed by atoms with Crippen LogP contribution >= 0.6 is 0 Å². The quantitative estimate of drug-likeness (QED) is 0.259. The van der Waals surface area contributed by atoms with Crippen LogP contribution in [0.5, 0.6) is 0 Å². The molecule has 3 N–H and O–H groups in total. The molecule has 108 valence electrons. The molecule has 0 aromatic carbocycles. The topological polar surface area (TPSA) is 121 Å². The molecule has 1 aliphatic rings. The molecule has 0 bridgehead atoms. The first-order valence-corrected chi connectivity index (χ1v) is 6.09. The first-order valence-electron chi connectivity index (χ1n) is 6.09. The smallest absolute Gasteiger partial charge is 0.298 e. The van der Waals surface area contributed by atoms with Gasteiger partial charge < -0.3 is 20.7 Å². The third-order valence-electron chi connectivity index (χ3n) is 3.23. The second-order valence-electron chi connectivity index (χ2n) is 4.57. The van der Waals surface area contributed by atoms with E-state index in [1.165, 1.54) is 6.07 Å². The van der Waals surface area contributed by atoms with Crippen LogP contribution in [0.3, 0.4) is 0 Å². The van der Waals surface area contributed by atoms with Crippen LogP contribution in [0, 0.1) is 10.1 Å². The summed E-state index contributed by atoms with van der Waals surface area (Å²) in [7, 11) is 2.03. The Morgan fingerprint density at radius 1 is 1.45 bits per heavy atom. The van der Waals surface area contributed by atoms with Gasteiger partial charge in [0.2, 0.25) is 0 Å². The van der Waals surface area contributed by atoms with Gasteiger partial charge in [-0.2, -0.15) is 0 Å². The molecule has 20 heavy (non-hydrogen) atoms. The number of piperazine rings is 1. The Kier molecular flexibility index (Phi) is 3.99. The molecule has 0 spiro atoms.